The average molecular weight is 611 g/mol. The van der Waals surface area contributed by atoms with Crippen LogP contribution in [-0.2, 0) is 18.9 Å². The van der Waals surface area contributed by atoms with Crippen LogP contribution < -0.4 is 9.47 Å². The number of ether oxygens (including phenoxy) is 6. The normalized spacial score (nSPS) is 35.8. The molecule has 2 aromatic carbocycles. The molecule has 2 fully saturated rings. The van der Waals surface area contributed by atoms with Gasteiger partial charge in [0.05, 0.1) is 25.4 Å². The summed E-state index contributed by atoms with van der Waals surface area (Å²) < 4.78 is 33.8. The van der Waals surface area contributed by atoms with E-state index in [4.69, 9.17) is 28.4 Å². The lowest BCUT2D eigenvalue weighted by Gasteiger charge is -2.43. The first-order valence-electron chi connectivity index (χ1n) is 13.4. The first-order chi connectivity index (χ1) is 20.4. The monoisotopic (exact) mass is 610 g/mol. The van der Waals surface area contributed by atoms with Gasteiger partial charge in [0.2, 0.25) is 6.29 Å². The van der Waals surface area contributed by atoms with Gasteiger partial charge in [-0.25, -0.2) is 0 Å². The fraction of sp³-hybridized carbons (Fsp3) is 0.500. The summed E-state index contributed by atoms with van der Waals surface area (Å²) in [5.41, 5.74) is 0.511. The lowest BCUT2D eigenvalue weighted by Crippen LogP contribution is -2.61. The van der Waals surface area contributed by atoms with Crippen LogP contribution in [0.25, 0.3) is 6.08 Å². The zero-order valence-electron chi connectivity index (χ0n) is 23.0. The first kappa shape index (κ1) is 31.1. The number of phenols is 3. The number of hydrogen-bond acceptors (Lipinski definition) is 15. The molecule has 0 aliphatic carbocycles. The van der Waals surface area contributed by atoms with E-state index in [0.717, 1.165) is 6.07 Å². The van der Waals surface area contributed by atoms with Gasteiger partial charge in [-0.1, -0.05) is 6.07 Å². The van der Waals surface area contributed by atoms with Crippen LogP contribution in [0.4, 0.5) is 0 Å². The summed E-state index contributed by atoms with van der Waals surface area (Å²) in [7, 11) is 1.35. The van der Waals surface area contributed by atoms with Crippen molar-refractivity contribution < 1.29 is 74.4 Å². The highest BCUT2D eigenvalue weighted by Crippen LogP contribution is 2.45. The first-order valence-corrected chi connectivity index (χ1v) is 13.4. The topological polar surface area (TPSA) is 237 Å². The van der Waals surface area contributed by atoms with Crippen LogP contribution in [0.5, 0.6) is 28.7 Å². The molecule has 15 nitrogen and oxygen atoms in total. The minimum Gasteiger partial charge on any atom is -0.508 e. The summed E-state index contributed by atoms with van der Waals surface area (Å²) >= 11 is 0. The van der Waals surface area contributed by atoms with E-state index >= 15 is 0 Å². The summed E-state index contributed by atoms with van der Waals surface area (Å²) in [6.07, 6.45) is -14.8. The van der Waals surface area contributed by atoms with Gasteiger partial charge in [-0.15, -0.1) is 0 Å². The van der Waals surface area contributed by atoms with Gasteiger partial charge in [0, 0.05) is 17.7 Å². The molecule has 3 aliphatic rings. The van der Waals surface area contributed by atoms with Gasteiger partial charge in [-0.05, 0) is 25.1 Å². The maximum atomic E-state index is 10.7. The lowest BCUT2D eigenvalue weighted by atomic mass is 9.98. The van der Waals surface area contributed by atoms with Crippen LogP contribution in [0.3, 0.4) is 0 Å². The molecule has 43 heavy (non-hydrogen) atoms. The van der Waals surface area contributed by atoms with E-state index in [0.29, 0.717) is 5.56 Å². The maximum Gasteiger partial charge on any atom is 0.228 e. The third kappa shape index (κ3) is 6.04. The van der Waals surface area contributed by atoms with Crippen LogP contribution in [-0.4, -0.2) is 121 Å². The number of hydrogen-bond donors (Lipinski definition) is 9. The van der Waals surface area contributed by atoms with E-state index in [1.54, 1.807) is 0 Å². The van der Waals surface area contributed by atoms with Gasteiger partial charge in [0.25, 0.3) is 0 Å². The molecular formula is C28H34O15. The number of benzene rings is 2. The molecule has 0 bridgehead atoms. The molecule has 3 aliphatic heterocycles. The van der Waals surface area contributed by atoms with E-state index in [1.807, 2.05) is 0 Å². The number of phenolic OH excluding ortho intramolecular Hbond substituents is 3. The highest BCUT2D eigenvalue weighted by Gasteiger charge is 2.48. The number of aliphatic hydroxyl groups excluding tert-OH is 6. The van der Waals surface area contributed by atoms with E-state index in [9.17, 15) is 46.0 Å². The van der Waals surface area contributed by atoms with Crippen molar-refractivity contribution in [1.29, 1.82) is 0 Å². The maximum absolute atomic E-state index is 10.7. The molecule has 0 radical (unpaired) electrons. The van der Waals surface area contributed by atoms with Gasteiger partial charge in [0.15, 0.2) is 23.9 Å². The second-order valence-corrected chi connectivity index (χ2v) is 10.5. The molecule has 1 unspecified atom stereocenters. The Hall–Kier alpha value is -3.38. The Labute approximate surface area is 244 Å². The van der Waals surface area contributed by atoms with Crippen LogP contribution in [0.15, 0.2) is 36.1 Å². The summed E-state index contributed by atoms with van der Waals surface area (Å²) in [4.78, 5) is 0. The Morgan fingerprint density at radius 1 is 0.767 bits per heavy atom. The smallest absolute Gasteiger partial charge is 0.228 e. The van der Waals surface area contributed by atoms with Gasteiger partial charge >= 0.3 is 0 Å². The SMILES string of the molecule is COc1cc(C2Oc3cc(O)cc(O)c3C=C2O[C@@H]2O[C@H](CO[C@@H]3O[C@@H](C)[C@H](O)[C@@H](O)[C@H]3O)[C@@H](O)[C@H](O)[C@H]2O)ccc1O. The van der Waals surface area contributed by atoms with Gasteiger partial charge < -0.3 is 74.4 Å². The summed E-state index contributed by atoms with van der Waals surface area (Å²) in [5.74, 6) is -0.623. The molecule has 0 aromatic heterocycles. The number of methoxy groups -OCH3 is 1. The van der Waals surface area contributed by atoms with Gasteiger partial charge in [0.1, 0.15) is 65.7 Å². The third-order valence-corrected chi connectivity index (χ3v) is 7.56. The standard InChI is InChI=1S/C28H34O15/c1-10-20(32)22(34)24(36)27(40-10)39-9-19-21(33)23(35)25(37)28(43-19)42-18-8-13-15(31)6-12(29)7-16(13)41-26(18)11-3-4-14(30)17(5-11)38-2/h3-8,10,19-37H,9H2,1-2H3/t10-,19+,20-,21+,22+,23-,24+,25+,26?,27+,28+/m0/s1. The van der Waals surface area contributed by atoms with E-state index < -0.39 is 74.1 Å². The largest absolute Gasteiger partial charge is 0.508 e. The summed E-state index contributed by atoms with van der Waals surface area (Å²) in [5, 5.41) is 92.6. The molecule has 0 amide bonds. The zero-order valence-corrected chi connectivity index (χ0v) is 23.0. The second kappa shape index (κ2) is 12.3. The predicted molar refractivity (Wildman–Crippen MR) is 142 cm³/mol. The minimum atomic E-state index is -1.79. The third-order valence-electron chi connectivity index (χ3n) is 7.56. The van der Waals surface area contributed by atoms with Crippen molar-refractivity contribution >= 4 is 6.08 Å². The Kier molecular flexibility index (Phi) is 8.89. The van der Waals surface area contributed by atoms with Crippen molar-refractivity contribution in [1.82, 2.24) is 0 Å². The number of aromatic hydroxyl groups is 3. The zero-order chi connectivity index (χ0) is 31.2. The van der Waals surface area contributed by atoms with Crippen molar-refractivity contribution in [3.05, 3.63) is 47.2 Å². The van der Waals surface area contributed by atoms with E-state index in [-0.39, 0.29) is 40.1 Å². The fourth-order valence-electron chi connectivity index (χ4n) is 5.06. The number of rotatable bonds is 7. The van der Waals surface area contributed by atoms with Gasteiger partial charge in [-0.3, -0.25) is 0 Å². The second-order valence-electron chi connectivity index (χ2n) is 10.5. The molecule has 5 rings (SSSR count). The summed E-state index contributed by atoms with van der Waals surface area (Å²) in [6, 6.07) is 6.66. The van der Waals surface area contributed by atoms with Crippen LogP contribution >= 0.6 is 0 Å². The molecule has 0 saturated carbocycles. The Morgan fingerprint density at radius 3 is 2.19 bits per heavy atom. The minimum absolute atomic E-state index is 0.0366. The van der Waals surface area contributed by atoms with Crippen molar-refractivity contribution in [2.45, 2.75) is 74.4 Å². The molecule has 3 heterocycles. The van der Waals surface area contributed by atoms with Crippen LogP contribution in [0, 0.1) is 0 Å². The van der Waals surface area contributed by atoms with Crippen molar-refractivity contribution in [3.63, 3.8) is 0 Å². The molecule has 9 N–H and O–H groups in total. The molecular weight excluding hydrogens is 576 g/mol. The van der Waals surface area contributed by atoms with E-state index in [2.05, 4.69) is 0 Å². The van der Waals surface area contributed by atoms with Crippen molar-refractivity contribution in [2.24, 2.45) is 0 Å². The molecule has 236 valence electrons. The molecule has 2 saturated heterocycles. The Morgan fingerprint density at radius 2 is 1.47 bits per heavy atom. The van der Waals surface area contributed by atoms with E-state index in [1.165, 1.54) is 44.4 Å². The number of aliphatic hydroxyl groups is 6. The molecule has 0 spiro atoms. The van der Waals surface area contributed by atoms with Crippen LogP contribution in [0.2, 0.25) is 0 Å². The molecule has 15 heteroatoms. The highest BCUT2D eigenvalue weighted by molar-refractivity contribution is 5.69. The Bertz CT molecular complexity index is 1330. The average Bonchev–Trinajstić information content (AvgIpc) is 2.98. The molecule has 2 aromatic rings. The van der Waals surface area contributed by atoms with Crippen LogP contribution in [0.1, 0.15) is 24.2 Å². The van der Waals surface area contributed by atoms with Crippen molar-refractivity contribution in [2.75, 3.05) is 13.7 Å². The fourth-order valence-corrected chi connectivity index (χ4v) is 5.06. The quantitative estimate of drug-likeness (QED) is 0.182. The molecule has 11 atom stereocenters. The number of fused-ring (bicyclic) bond motifs is 1. The predicted octanol–water partition coefficient (Wildman–Crippen LogP) is -1.05. The summed E-state index contributed by atoms with van der Waals surface area (Å²) in [6.45, 7) is 0.961. The van der Waals surface area contributed by atoms with Crippen molar-refractivity contribution in [3.8, 4) is 28.7 Å². The lowest BCUT2D eigenvalue weighted by molar-refractivity contribution is -0.324. The van der Waals surface area contributed by atoms with Gasteiger partial charge in [-0.2, -0.15) is 0 Å². The highest BCUT2D eigenvalue weighted by atomic mass is 16.7. The Balaban J connectivity index is 1.40.